The lowest BCUT2D eigenvalue weighted by molar-refractivity contribution is 0.289. The standard InChI is InChI=1S/C7H12N2O3S/c10-5-1-3-9-13(11,12)7-2-4-8-6-7/h2,4,6,8-10H,1,3,5H2. The van der Waals surface area contributed by atoms with Gasteiger partial charge in [-0.2, -0.15) is 0 Å². The Morgan fingerprint density at radius 1 is 1.54 bits per heavy atom. The van der Waals surface area contributed by atoms with Crippen molar-refractivity contribution >= 4 is 10.0 Å². The van der Waals surface area contributed by atoms with Gasteiger partial charge in [-0.05, 0) is 12.5 Å². The van der Waals surface area contributed by atoms with Crippen LogP contribution in [0.25, 0.3) is 0 Å². The molecule has 0 bridgehead atoms. The fourth-order valence-corrected chi connectivity index (χ4v) is 1.89. The van der Waals surface area contributed by atoms with Gasteiger partial charge in [0.25, 0.3) is 0 Å². The van der Waals surface area contributed by atoms with Gasteiger partial charge in [-0.1, -0.05) is 0 Å². The predicted molar refractivity (Wildman–Crippen MR) is 47.7 cm³/mol. The minimum Gasteiger partial charge on any atom is -0.396 e. The second-order valence-electron chi connectivity index (χ2n) is 2.52. The van der Waals surface area contributed by atoms with Crippen molar-refractivity contribution in [2.75, 3.05) is 13.2 Å². The Balaban J connectivity index is 2.58. The maximum atomic E-state index is 11.4. The van der Waals surface area contributed by atoms with Gasteiger partial charge in [0.1, 0.15) is 0 Å². The molecule has 1 aromatic rings. The van der Waals surface area contributed by atoms with Crippen LogP contribution in [0, 0.1) is 0 Å². The number of aliphatic hydroxyl groups excluding tert-OH is 1. The minimum atomic E-state index is -3.38. The number of sulfonamides is 1. The first kappa shape index (κ1) is 10.2. The molecule has 0 amide bonds. The molecule has 0 fully saturated rings. The number of hydrogen-bond acceptors (Lipinski definition) is 3. The summed E-state index contributed by atoms with van der Waals surface area (Å²) in [7, 11) is -3.38. The predicted octanol–water partition coefficient (Wildman–Crippen LogP) is -0.325. The largest absolute Gasteiger partial charge is 0.396 e. The van der Waals surface area contributed by atoms with E-state index >= 15 is 0 Å². The molecule has 1 rings (SSSR count). The summed E-state index contributed by atoms with van der Waals surface area (Å²) in [5, 5.41) is 8.45. The lowest BCUT2D eigenvalue weighted by Gasteiger charge is -2.02. The van der Waals surface area contributed by atoms with E-state index in [-0.39, 0.29) is 18.0 Å². The molecule has 0 saturated heterocycles. The maximum Gasteiger partial charge on any atom is 0.242 e. The molecule has 1 heterocycles. The van der Waals surface area contributed by atoms with Gasteiger partial charge >= 0.3 is 0 Å². The molecular weight excluding hydrogens is 192 g/mol. The quantitative estimate of drug-likeness (QED) is 0.575. The Morgan fingerprint density at radius 2 is 2.31 bits per heavy atom. The van der Waals surface area contributed by atoms with E-state index in [1.54, 1.807) is 6.20 Å². The SMILES string of the molecule is O=S(=O)(NCCCO)c1cc[nH]c1. The highest BCUT2D eigenvalue weighted by Crippen LogP contribution is 2.05. The number of H-pyrrole nitrogens is 1. The summed E-state index contributed by atoms with van der Waals surface area (Å²) in [5.41, 5.74) is 0. The van der Waals surface area contributed by atoms with Gasteiger partial charge in [-0.15, -0.1) is 0 Å². The zero-order chi connectivity index (χ0) is 9.73. The van der Waals surface area contributed by atoms with E-state index in [1.807, 2.05) is 0 Å². The van der Waals surface area contributed by atoms with Crippen LogP contribution in [0.2, 0.25) is 0 Å². The summed E-state index contributed by atoms with van der Waals surface area (Å²) < 4.78 is 25.1. The van der Waals surface area contributed by atoms with E-state index in [9.17, 15) is 8.42 Å². The molecule has 0 atom stereocenters. The molecule has 0 aliphatic heterocycles. The molecule has 74 valence electrons. The van der Waals surface area contributed by atoms with E-state index in [4.69, 9.17) is 5.11 Å². The zero-order valence-corrected chi connectivity index (χ0v) is 7.84. The Hall–Kier alpha value is -0.850. The van der Waals surface area contributed by atoms with E-state index in [1.165, 1.54) is 12.3 Å². The van der Waals surface area contributed by atoms with Gasteiger partial charge in [0.2, 0.25) is 10.0 Å². The molecule has 0 saturated carbocycles. The van der Waals surface area contributed by atoms with E-state index in [0.717, 1.165) is 0 Å². The van der Waals surface area contributed by atoms with Crippen molar-refractivity contribution in [3.05, 3.63) is 18.5 Å². The van der Waals surface area contributed by atoms with Crippen molar-refractivity contribution < 1.29 is 13.5 Å². The van der Waals surface area contributed by atoms with Gasteiger partial charge < -0.3 is 10.1 Å². The third-order valence-electron chi connectivity index (χ3n) is 1.51. The number of nitrogens with one attached hydrogen (secondary N) is 2. The van der Waals surface area contributed by atoms with Crippen LogP contribution in [-0.2, 0) is 10.0 Å². The lowest BCUT2D eigenvalue weighted by atomic mass is 10.5. The Labute approximate surface area is 76.8 Å². The number of aromatic amines is 1. The lowest BCUT2D eigenvalue weighted by Crippen LogP contribution is -2.24. The fourth-order valence-electron chi connectivity index (χ4n) is 0.845. The van der Waals surface area contributed by atoms with E-state index < -0.39 is 10.0 Å². The van der Waals surface area contributed by atoms with Crippen LogP contribution in [0.5, 0.6) is 0 Å². The molecule has 0 aliphatic carbocycles. The molecule has 3 N–H and O–H groups in total. The van der Waals surface area contributed by atoms with Crippen molar-refractivity contribution in [2.45, 2.75) is 11.3 Å². The van der Waals surface area contributed by atoms with Crippen molar-refractivity contribution in [1.82, 2.24) is 9.71 Å². The van der Waals surface area contributed by atoms with Gasteiger partial charge in [0, 0.05) is 25.5 Å². The molecule has 0 radical (unpaired) electrons. The third kappa shape index (κ3) is 2.83. The second-order valence-corrected chi connectivity index (χ2v) is 4.29. The average molecular weight is 204 g/mol. The van der Waals surface area contributed by atoms with Crippen LogP contribution < -0.4 is 4.72 Å². The minimum absolute atomic E-state index is 0.0182. The maximum absolute atomic E-state index is 11.4. The highest BCUT2D eigenvalue weighted by Gasteiger charge is 2.12. The van der Waals surface area contributed by atoms with E-state index in [2.05, 4.69) is 9.71 Å². The number of aromatic nitrogens is 1. The monoisotopic (exact) mass is 204 g/mol. The van der Waals surface area contributed by atoms with Crippen molar-refractivity contribution in [3.63, 3.8) is 0 Å². The summed E-state index contributed by atoms with van der Waals surface area (Å²) in [4.78, 5) is 2.87. The molecule has 1 aromatic heterocycles. The first-order valence-corrected chi connectivity index (χ1v) is 5.38. The second kappa shape index (κ2) is 4.40. The van der Waals surface area contributed by atoms with Crippen LogP contribution >= 0.6 is 0 Å². The number of aliphatic hydroxyl groups is 1. The Bertz CT molecular complexity index is 331. The fraction of sp³-hybridized carbons (Fsp3) is 0.429. The highest BCUT2D eigenvalue weighted by molar-refractivity contribution is 7.89. The van der Waals surface area contributed by atoms with Crippen LogP contribution in [0.4, 0.5) is 0 Å². The summed E-state index contributed by atoms with van der Waals surface area (Å²) in [6.07, 6.45) is 3.37. The molecule has 5 nitrogen and oxygen atoms in total. The first-order valence-electron chi connectivity index (χ1n) is 3.90. The molecule has 0 aliphatic rings. The Morgan fingerprint density at radius 3 is 2.85 bits per heavy atom. The normalized spacial score (nSPS) is 11.8. The molecule has 13 heavy (non-hydrogen) atoms. The molecule has 0 spiro atoms. The van der Waals surface area contributed by atoms with Gasteiger partial charge in [0.15, 0.2) is 0 Å². The average Bonchev–Trinajstić information content (AvgIpc) is 2.56. The summed E-state index contributed by atoms with van der Waals surface area (Å²) in [5.74, 6) is 0. The number of hydrogen-bond donors (Lipinski definition) is 3. The first-order chi connectivity index (χ1) is 6.17. The van der Waals surface area contributed by atoms with Crippen LogP contribution in [0.1, 0.15) is 6.42 Å². The molecular formula is C7H12N2O3S. The van der Waals surface area contributed by atoms with Crippen LogP contribution in [0.3, 0.4) is 0 Å². The van der Waals surface area contributed by atoms with E-state index in [0.29, 0.717) is 6.42 Å². The molecule has 6 heteroatoms. The summed E-state index contributed by atoms with van der Waals surface area (Å²) >= 11 is 0. The topological polar surface area (TPSA) is 82.2 Å². The van der Waals surface area contributed by atoms with Gasteiger partial charge in [0.05, 0.1) is 4.90 Å². The third-order valence-corrected chi connectivity index (χ3v) is 2.97. The molecule has 0 aromatic carbocycles. The van der Waals surface area contributed by atoms with Gasteiger partial charge in [-0.25, -0.2) is 13.1 Å². The highest BCUT2D eigenvalue weighted by atomic mass is 32.2. The van der Waals surface area contributed by atoms with Crippen molar-refractivity contribution in [1.29, 1.82) is 0 Å². The molecule has 0 unspecified atom stereocenters. The number of rotatable bonds is 5. The van der Waals surface area contributed by atoms with Crippen LogP contribution in [-0.4, -0.2) is 31.7 Å². The van der Waals surface area contributed by atoms with Crippen molar-refractivity contribution in [3.8, 4) is 0 Å². The Kier molecular flexibility index (Phi) is 3.47. The zero-order valence-electron chi connectivity index (χ0n) is 7.03. The van der Waals surface area contributed by atoms with Crippen LogP contribution in [0.15, 0.2) is 23.4 Å². The smallest absolute Gasteiger partial charge is 0.242 e. The van der Waals surface area contributed by atoms with Crippen molar-refractivity contribution in [2.24, 2.45) is 0 Å². The van der Waals surface area contributed by atoms with Gasteiger partial charge in [-0.3, -0.25) is 0 Å². The summed E-state index contributed by atoms with van der Waals surface area (Å²) in [6, 6.07) is 1.47. The summed E-state index contributed by atoms with van der Waals surface area (Å²) in [6.45, 7) is 0.236.